The van der Waals surface area contributed by atoms with Crippen LogP contribution in [0.3, 0.4) is 0 Å². The van der Waals surface area contributed by atoms with Gasteiger partial charge in [0.2, 0.25) is 0 Å². The maximum Gasteiger partial charge on any atom is 0.144 e. The maximum absolute atomic E-state index is 2.38. The molecule has 8 aromatic carbocycles. The monoisotopic (exact) mass is 834 g/mol. The Kier molecular flexibility index (Phi) is 15.8. The molecule has 1 radical (unpaired) electrons. The summed E-state index contributed by atoms with van der Waals surface area (Å²) >= 11 is 0. The summed E-state index contributed by atoms with van der Waals surface area (Å²) in [5, 5.41) is 13.0. The van der Waals surface area contributed by atoms with E-state index in [4.69, 9.17) is 0 Å². The van der Waals surface area contributed by atoms with Crippen molar-refractivity contribution in [1.82, 2.24) is 0 Å². The molecule has 0 unspecified atom stereocenters. The molecule has 0 N–H and O–H groups in total. The van der Waals surface area contributed by atoms with Gasteiger partial charge in [-0.05, 0) is 97.1 Å². The summed E-state index contributed by atoms with van der Waals surface area (Å²) < 4.78 is 0. The molecular formula is C49H46AgP3+3. The van der Waals surface area contributed by atoms with E-state index < -0.39 is 23.8 Å². The maximum atomic E-state index is 2.38. The molecule has 0 bridgehead atoms. The van der Waals surface area contributed by atoms with Crippen LogP contribution in [-0.4, -0.2) is 0 Å². The number of hydrogen-bond acceptors (Lipinski definition) is 0. The Hall–Kier alpha value is -4.21. The fourth-order valence-corrected chi connectivity index (χ4v) is 15.2. The molecule has 0 fully saturated rings. The van der Waals surface area contributed by atoms with E-state index in [0.717, 1.165) is 0 Å². The Labute approximate surface area is 335 Å². The number of hydrogen-bond donors (Lipinski definition) is 0. The fraction of sp³-hybridized carbons (Fsp3) is 0.0204. The predicted octanol–water partition coefficient (Wildman–Crippen LogP) is 8.48. The van der Waals surface area contributed by atoms with Crippen LogP contribution >= 0.6 is 23.8 Å². The molecule has 8 aromatic rings. The van der Waals surface area contributed by atoms with Crippen LogP contribution in [0.1, 0.15) is 7.43 Å². The molecule has 265 valence electrons. The van der Waals surface area contributed by atoms with E-state index >= 15 is 0 Å². The first-order valence-corrected chi connectivity index (χ1v) is 22.0. The topological polar surface area (TPSA) is 0 Å². The number of rotatable bonds is 9. The third-order valence-electron chi connectivity index (χ3n) is 8.90. The Morgan fingerprint density at radius 3 is 0.528 bits per heavy atom. The van der Waals surface area contributed by atoms with Crippen molar-refractivity contribution in [2.24, 2.45) is 0 Å². The van der Waals surface area contributed by atoms with Gasteiger partial charge in [0.25, 0.3) is 0 Å². The van der Waals surface area contributed by atoms with E-state index in [1.54, 1.807) is 0 Å². The van der Waals surface area contributed by atoms with Crippen LogP contribution in [0.5, 0.6) is 0 Å². The molecule has 0 aliphatic rings. The van der Waals surface area contributed by atoms with Gasteiger partial charge in [0.05, 0.1) is 7.92 Å². The second-order valence-corrected chi connectivity index (χ2v) is 19.6. The minimum Gasteiger partial charge on any atom is -0.0776 e. The molecule has 0 saturated heterocycles. The van der Waals surface area contributed by atoms with Crippen molar-refractivity contribution in [2.75, 3.05) is 0 Å². The molecular weight excluding hydrogens is 789 g/mol. The van der Waals surface area contributed by atoms with E-state index in [1.165, 1.54) is 47.7 Å². The molecule has 0 nitrogen and oxygen atoms in total. The Balaban J connectivity index is 0.000000222. The van der Waals surface area contributed by atoms with Crippen molar-refractivity contribution in [3.05, 3.63) is 237 Å². The molecule has 0 spiro atoms. The van der Waals surface area contributed by atoms with Gasteiger partial charge in [-0.1, -0.05) is 147 Å². The summed E-state index contributed by atoms with van der Waals surface area (Å²) in [5.74, 6) is 0. The first kappa shape index (κ1) is 40.0. The quantitative estimate of drug-likeness (QED) is 0.101. The minimum atomic E-state index is -1.14. The Morgan fingerprint density at radius 1 is 0.189 bits per heavy atom. The average molecular weight is 836 g/mol. The zero-order valence-corrected chi connectivity index (χ0v) is 33.3. The molecule has 0 heterocycles. The summed E-state index contributed by atoms with van der Waals surface area (Å²) in [7, 11) is -3.16. The third-order valence-corrected chi connectivity index (χ3v) is 17.5. The van der Waals surface area contributed by atoms with Crippen LogP contribution in [0, 0.1) is 0 Å². The molecule has 0 atom stereocenters. The zero-order chi connectivity index (χ0) is 34.5. The molecule has 4 heteroatoms. The first-order valence-electron chi connectivity index (χ1n) is 17.5. The van der Waals surface area contributed by atoms with E-state index in [2.05, 4.69) is 237 Å². The average Bonchev–Trinajstić information content (AvgIpc) is 3.22. The van der Waals surface area contributed by atoms with Crippen molar-refractivity contribution in [3.63, 3.8) is 0 Å². The molecule has 8 rings (SSSR count). The largest absolute Gasteiger partial charge is 0.144 e. The molecule has 0 aliphatic heterocycles. The van der Waals surface area contributed by atoms with Gasteiger partial charge in [-0.15, -0.1) is 0 Å². The van der Waals surface area contributed by atoms with Crippen LogP contribution in [0.15, 0.2) is 237 Å². The van der Waals surface area contributed by atoms with Crippen molar-refractivity contribution in [3.8, 4) is 0 Å². The van der Waals surface area contributed by atoms with Crippen molar-refractivity contribution in [1.29, 1.82) is 0 Å². The van der Waals surface area contributed by atoms with Crippen LogP contribution in [-0.2, 0) is 22.4 Å². The van der Waals surface area contributed by atoms with Gasteiger partial charge in [0.1, 0.15) is 63.6 Å². The van der Waals surface area contributed by atoms with Gasteiger partial charge >= 0.3 is 0 Å². The second kappa shape index (κ2) is 20.9. The first-order chi connectivity index (χ1) is 25.4. The van der Waals surface area contributed by atoms with Gasteiger partial charge in [-0.3, -0.25) is 0 Å². The molecule has 0 saturated carbocycles. The molecule has 0 aromatic heterocycles. The summed E-state index contributed by atoms with van der Waals surface area (Å²) in [6, 6.07) is 85.9. The van der Waals surface area contributed by atoms with E-state index in [0.29, 0.717) is 0 Å². The van der Waals surface area contributed by atoms with Crippen molar-refractivity contribution < 1.29 is 22.4 Å². The van der Waals surface area contributed by atoms with Gasteiger partial charge in [-0.25, -0.2) is 0 Å². The summed E-state index contributed by atoms with van der Waals surface area (Å²) in [6.07, 6.45) is 0. The summed E-state index contributed by atoms with van der Waals surface area (Å²) in [5.41, 5.74) is 0. The Bertz CT molecular complexity index is 1910. The van der Waals surface area contributed by atoms with Gasteiger partial charge in [-0.2, -0.15) is 0 Å². The number of benzene rings is 8. The Morgan fingerprint density at radius 2 is 0.340 bits per heavy atom. The zero-order valence-electron chi connectivity index (χ0n) is 28.8. The summed E-state index contributed by atoms with van der Waals surface area (Å²) in [4.78, 5) is 0. The SMILES string of the molecule is C.[Ag].c1ccc([PH+](c2ccccc2)c2ccccc2)cc1.c1ccc([PH+](c2ccccc2)c2ccccc2[PH+](c2ccccc2)c2ccccc2)cc1. The van der Waals surface area contributed by atoms with Crippen LogP contribution in [0.2, 0.25) is 0 Å². The molecule has 53 heavy (non-hydrogen) atoms. The second-order valence-electron chi connectivity index (χ2n) is 12.2. The van der Waals surface area contributed by atoms with E-state index in [9.17, 15) is 0 Å². The summed E-state index contributed by atoms with van der Waals surface area (Å²) in [6.45, 7) is 0. The van der Waals surface area contributed by atoms with E-state index in [1.807, 2.05) is 0 Å². The van der Waals surface area contributed by atoms with Crippen LogP contribution in [0.25, 0.3) is 0 Å². The molecule has 0 amide bonds. The van der Waals surface area contributed by atoms with E-state index in [-0.39, 0.29) is 29.8 Å². The normalized spacial score (nSPS) is 10.5. The van der Waals surface area contributed by atoms with Crippen LogP contribution < -0.4 is 47.7 Å². The van der Waals surface area contributed by atoms with Crippen molar-refractivity contribution in [2.45, 2.75) is 7.43 Å². The van der Waals surface area contributed by atoms with Gasteiger partial charge in [0, 0.05) is 22.4 Å². The third kappa shape index (κ3) is 10.3. The minimum absolute atomic E-state index is 0. The fourth-order valence-electron chi connectivity index (χ4n) is 6.61. The molecule has 0 aliphatic carbocycles. The predicted molar refractivity (Wildman–Crippen MR) is 240 cm³/mol. The van der Waals surface area contributed by atoms with Crippen LogP contribution in [0.4, 0.5) is 0 Å². The van der Waals surface area contributed by atoms with Crippen molar-refractivity contribution >= 4 is 71.5 Å². The van der Waals surface area contributed by atoms with Gasteiger partial charge < -0.3 is 0 Å². The van der Waals surface area contributed by atoms with Gasteiger partial charge in [0.15, 0.2) is 0 Å². The standard InChI is InChI=1S/C30H24P2.C18H15P.CH4.Ag/c1-5-15-25(16-6-1)31(26-17-7-2-8-18-26)29-23-13-14-24-30(29)32(27-19-9-3-10-20-27)28-21-11-4-12-22-28;1-4-10-16(11-5-1)19(17-12-6-2-7-13-17)18-14-8-3-9-15-18;;/h1-24H;1-15H;1H4;/p+3. The smallest absolute Gasteiger partial charge is 0.0776 e.